The summed E-state index contributed by atoms with van der Waals surface area (Å²) < 4.78 is 14.4. The molecule has 1 atom stereocenters. The van der Waals surface area contributed by atoms with Gasteiger partial charge in [-0.1, -0.05) is 42.8 Å². The predicted molar refractivity (Wildman–Crippen MR) is 69.7 cm³/mol. The number of hydrogen-bond acceptors (Lipinski definition) is 1. The molecule has 2 N–H and O–H groups in total. The molecule has 0 aliphatic heterocycles. The van der Waals surface area contributed by atoms with E-state index in [-0.39, 0.29) is 17.3 Å². The van der Waals surface area contributed by atoms with Gasteiger partial charge >= 0.3 is 0 Å². The first-order valence-electron chi connectivity index (χ1n) is 5.51. The van der Waals surface area contributed by atoms with Gasteiger partial charge in [0.05, 0.1) is 0 Å². The van der Waals surface area contributed by atoms with Crippen molar-refractivity contribution in [2.75, 3.05) is 0 Å². The monoisotopic (exact) mass is 287 g/mol. The summed E-state index contributed by atoms with van der Waals surface area (Å²) in [4.78, 5) is 0. The molecule has 1 nitrogen and oxygen atoms in total. The van der Waals surface area contributed by atoms with Crippen LogP contribution in [-0.4, -0.2) is 0 Å². The summed E-state index contributed by atoms with van der Waals surface area (Å²) in [7, 11) is 0. The fourth-order valence-electron chi connectivity index (χ4n) is 1.60. The van der Waals surface area contributed by atoms with Gasteiger partial charge in [0.2, 0.25) is 0 Å². The summed E-state index contributed by atoms with van der Waals surface area (Å²) >= 11 is 3.35. The minimum absolute atomic E-state index is 0.226. The number of nitrogens with two attached hydrogens (primary N) is 1. The van der Waals surface area contributed by atoms with Crippen molar-refractivity contribution in [3.63, 3.8) is 0 Å². The fourth-order valence-corrected chi connectivity index (χ4v) is 2.23. The summed E-state index contributed by atoms with van der Waals surface area (Å²) in [6.45, 7) is 6.49. The third-order valence-electron chi connectivity index (χ3n) is 2.58. The molecule has 0 aliphatic carbocycles. The maximum absolute atomic E-state index is 13.6. The predicted octanol–water partition coefficient (Wildman–Crippen LogP) is 4.41. The second-order valence-electron chi connectivity index (χ2n) is 5.34. The Kier molecular flexibility index (Phi) is 4.51. The lowest BCUT2D eigenvalue weighted by Gasteiger charge is -2.21. The Balaban J connectivity index is 2.77. The van der Waals surface area contributed by atoms with Crippen LogP contribution < -0.4 is 5.73 Å². The maximum atomic E-state index is 13.6. The molecular weight excluding hydrogens is 269 g/mol. The Morgan fingerprint density at radius 3 is 2.50 bits per heavy atom. The molecule has 0 radical (unpaired) electrons. The van der Waals surface area contributed by atoms with Gasteiger partial charge in [0, 0.05) is 16.1 Å². The molecule has 1 aromatic rings. The summed E-state index contributed by atoms with van der Waals surface area (Å²) in [5.41, 5.74) is 6.85. The van der Waals surface area contributed by atoms with E-state index in [2.05, 4.69) is 36.7 Å². The molecule has 16 heavy (non-hydrogen) atoms. The second kappa shape index (κ2) is 5.28. The minimum atomic E-state index is -0.241. The molecule has 0 amide bonds. The van der Waals surface area contributed by atoms with Crippen molar-refractivity contribution >= 4 is 15.9 Å². The first-order chi connectivity index (χ1) is 7.31. The molecule has 0 aliphatic rings. The van der Waals surface area contributed by atoms with Gasteiger partial charge in [-0.3, -0.25) is 0 Å². The molecule has 1 unspecified atom stereocenters. The number of benzene rings is 1. The van der Waals surface area contributed by atoms with Crippen molar-refractivity contribution in [3.05, 3.63) is 34.1 Å². The van der Waals surface area contributed by atoms with E-state index in [1.807, 2.05) is 6.07 Å². The Hall–Kier alpha value is -0.410. The van der Waals surface area contributed by atoms with E-state index >= 15 is 0 Å². The van der Waals surface area contributed by atoms with E-state index in [0.29, 0.717) is 5.56 Å². The Morgan fingerprint density at radius 1 is 1.38 bits per heavy atom. The van der Waals surface area contributed by atoms with Crippen LogP contribution >= 0.6 is 15.9 Å². The normalized spacial score (nSPS) is 13.9. The van der Waals surface area contributed by atoms with Crippen LogP contribution in [0.4, 0.5) is 4.39 Å². The largest absolute Gasteiger partial charge is 0.324 e. The number of hydrogen-bond donors (Lipinski definition) is 1. The SMILES string of the molecule is CC(C)(C)CCC(N)c1c(F)cccc1Br. The highest BCUT2D eigenvalue weighted by atomic mass is 79.9. The van der Waals surface area contributed by atoms with Gasteiger partial charge in [-0.05, 0) is 30.4 Å². The van der Waals surface area contributed by atoms with E-state index in [1.54, 1.807) is 6.07 Å². The van der Waals surface area contributed by atoms with Gasteiger partial charge in [-0.25, -0.2) is 4.39 Å². The third kappa shape index (κ3) is 3.87. The van der Waals surface area contributed by atoms with Crippen molar-refractivity contribution in [1.29, 1.82) is 0 Å². The minimum Gasteiger partial charge on any atom is -0.324 e. The molecule has 0 saturated carbocycles. The molecule has 1 rings (SSSR count). The smallest absolute Gasteiger partial charge is 0.129 e. The molecule has 0 aromatic heterocycles. The molecule has 1 aromatic carbocycles. The van der Waals surface area contributed by atoms with Gasteiger partial charge in [0.25, 0.3) is 0 Å². The zero-order valence-electron chi connectivity index (χ0n) is 10.1. The first kappa shape index (κ1) is 13.7. The van der Waals surface area contributed by atoms with Crippen molar-refractivity contribution in [2.45, 2.75) is 39.7 Å². The zero-order valence-corrected chi connectivity index (χ0v) is 11.6. The molecule has 0 saturated heterocycles. The van der Waals surface area contributed by atoms with Crippen LogP contribution in [0.25, 0.3) is 0 Å². The number of halogens is 2. The molecule has 0 bridgehead atoms. The lowest BCUT2D eigenvalue weighted by Crippen LogP contribution is -2.16. The lowest BCUT2D eigenvalue weighted by molar-refractivity contribution is 0.347. The van der Waals surface area contributed by atoms with Crippen molar-refractivity contribution in [2.24, 2.45) is 11.1 Å². The Morgan fingerprint density at radius 2 is 2.00 bits per heavy atom. The van der Waals surface area contributed by atoms with Crippen LogP contribution in [0.5, 0.6) is 0 Å². The third-order valence-corrected chi connectivity index (χ3v) is 3.27. The van der Waals surface area contributed by atoms with Crippen molar-refractivity contribution in [3.8, 4) is 0 Å². The summed E-state index contributed by atoms with van der Waals surface area (Å²) in [5.74, 6) is -0.226. The fraction of sp³-hybridized carbons (Fsp3) is 0.538. The van der Waals surface area contributed by atoms with Crippen LogP contribution in [0.1, 0.15) is 45.2 Å². The van der Waals surface area contributed by atoms with Crippen LogP contribution in [0.2, 0.25) is 0 Å². The average Bonchev–Trinajstić information content (AvgIpc) is 2.13. The highest BCUT2D eigenvalue weighted by Gasteiger charge is 2.18. The molecule has 90 valence electrons. The zero-order chi connectivity index (χ0) is 12.3. The molecular formula is C13H19BrFN. The van der Waals surface area contributed by atoms with Crippen molar-refractivity contribution < 1.29 is 4.39 Å². The first-order valence-corrected chi connectivity index (χ1v) is 6.30. The summed E-state index contributed by atoms with van der Waals surface area (Å²) in [6.07, 6.45) is 1.78. The van der Waals surface area contributed by atoms with Crippen LogP contribution in [0.15, 0.2) is 22.7 Å². The van der Waals surface area contributed by atoms with Gasteiger partial charge in [-0.2, -0.15) is 0 Å². The molecule has 0 fully saturated rings. The second-order valence-corrected chi connectivity index (χ2v) is 6.20. The Bertz CT molecular complexity index is 337. The quantitative estimate of drug-likeness (QED) is 0.875. The van der Waals surface area contributed by atoms with E-state index in [4.69, 9.17) is 5.73 Å². The van der Waals surface area contributed by atoms with Gasteiger partial charge < -0.3 is 5.73 Å². The lowest BCUT2D eigenvalue weighted by atomic mass is 9.87. The number of rotatable bonds is 3. The maximum Gasteiger partial charge on any atom is 0.129 e. The highest BCUT2D eigenvalue weighted by molar-refractivity contribution is 9.10. The van der Waals surface area contributed by atoms with Crippen molar-refractivity contribution in [1.82, 2.24) is 0 Å². The standard InChI is InChI=1S/C13H19BrFN/c1-13(2,3)8-7-11(16)12-9(14)5-4-6-10(12)15/h4-6,11H,7-8,16H2,1-3H3. The van der Waals surface area contributed by atoms with Gasteiger partial charge in [0.1, 0.15) is 5.82 Å². The average molecular weight is 288 g/mol. The van der Waals surface area contributed by atoms with Crippen LogP contribution in [-0.2, 0) is 0 Å². The molecule has 3 heteroatoms. The van der Waals surface area contributed by atoms with E-state index in [0.717, 1.165) is 17.3 Å². The Labute approximate surface area is 105 Å². The van der Waals surface area contributed by atoms with Gasteiger partial charge in [-0.15, -0.1) is 0 Å². The summed E-state index contributed by atoms with van der Waals surface area (Å²) in [5, 5.41) is 0. The van der Waals surface area contributed by atoms with Crippen LogP contribution in [0.3, 0.4) is 0 Å². The summed E-state index contributed by atoms with van der Waals surface area (Å²) in [6, 6.07) is 4.72. The van der Waals surface area contributed by atoms with Crippen LogP contribution in [0, 0.1) is 11.2 Å². The van der Waals surface area contributed by atoms with E-state index < -0.39 is 0 Å². The molecule has 0 spiro atoms. The van der Waals surface area contributed by atoms with E-state index in [1.165, 1.54) is 6.07 Å². The molecule has 0 heterocycles. The topological polar surface area (TPSA) is 26.0 Å². The van der Waals surface area contributed by atoms with E-state index in [9.17, 15) is 4.39 Å². The van der Waals surface area contributed by atoms with Gasteiger partial charge in [0.15, 0.2) is 0 Å². The highest BCUT2D eigenvalue weighted by Crippen LogP contribution is 2.31.